The van der Waals surface area contributed by atoms with Gasteiger partial charge in [0.05, 0.1) is 17.1 Å². The van der Waals surface area contributed by atoms with Gasteiger partial charge in [-0.05, 0) is 72.6 Å². The second-order valence-electron chi connectivity index (χ2n) is 15.7. The van der Waals surface area contributed by atoms with E-state index in [0.29, 0.717) is 0 Å². The SMILES string of the molecule is C=C1CC(c2c(C)c3ccccc3c3ccccc23)c2nc3c4ccccc4c4ccccc4c3n2C2=NC3C4c5ccccc5-c5ccccc5C34N12. The van der Waals surface area contributed by atoms with E-state index in [4.69, 9.17) is 16.6 Å². The number of nitrogens with zero attached hydrogens (tertiary/aromatic N) is 4. The van der Waals surface area contributed by atoms with Gasteiger partial charge in [0.15, 0.2) is 0 Å². The maximum atomic E-state index is 5.85. The van der Waals surface area contributed by atoms with E-state index in [1.165, 1.54) is 76.5 Å². The molecule has 8 aromatic carbocycles. The van der Waals surface area contributed by atoms with Gasteiger partial charge in [-0.25, -0.2) is 9.98 Å². The largest absolute Gasteiger partial charge is 0.303 e. The number of hydrogen-bond acceptors (Lipinski definition) is 3. The van der Waals surface area contributed by atoms with Crippen LogP contribution in [0.5, 0.6) is 0 Å². The fourth-order valence-electron chi connectivity index (χ4n) is 11.2. The van der Waals surface area contributed by atoms with Crippen molar-refractivity contribution in [2.75, 3.05) is 0 Å². The first-order chi connectivity index (χ1) is 26.7. The molecule has 54 heavy (non-hydrogen) atoms. The quantitative estimate of drug-likeness (QED) is 0.161. The van der Waals surface area contributed by atoms with Gasteiger partial charge in [0, 0.05) is 34.7 Å². The van der Waals surface area contributed by atoms with Crippen molar-refractivity contribution < 1.29 is 0 Å². The molecule has 9 aromatic rings. The number of rotatable bonds is 1. The second-order valence-corrected chi connectivity index (χ2v) is 15.7. The molecule has 0 saturated heterocycles. The number of imidazole rings is 1. The van der Waals surface area contributed by atoms with Crippen molar-refractivity contribution in [2.45, 2.75) is 36.8 Å². The molecule has 4 nitrogen and oxygen atoms in total. The average molecular weight is 691 g/mol. The highest BCUT2D eigenvalue weighted by molar-refractivity contribution is 6.25. The van der Waals surface area contributed by atoms with Crippen molar-refractivity contribution >= 4 is 60.1 Å². The van der Waals surface area contributed by atoms with Gasteiger partial charge in [0.2, 0.25) is 5.96 Å². The van der Waals surface area contributed by atoms with Gasteiger partial charge >= 0.3 is 0 Å². The van der Waals surface area contributed by atoms with Gasteiger partial charge in [0.25, 0.3) is 0 Å². The molecule has 2 aliphatic heterocycles. The Hall–Kier alpha value is -6.52. The molecular weight excluding hydrogens is 657 g/mol. The molecule has 1 saturated carbocycles. The molecule has 254 valence electrons. The van der Waals surface area contributed by atoms with E-state index in [-0.39, 0.29) is 23.4 Å². The minimum atomic E-state index is -0.340. The van der Waals surface area contributed by atoms with E-state index in [2.05, 4.69) is 162 Å². The molecule has 4 heteroatoms. The van der Waals surface area contributed by atoms with E-state index in [1.807, 2.05) is 0 Å². The number of allylic oxidation sites excluding steroid dienone is 1. The summed E-state index contributed by atoms with van der Waals surface area (Å²) in [4.78, 5) is 14.2. The summed E-state index contributed by atoms with van der Waals surface area (Å²) in [6.07, 6.45) is 0.729. The van der Waals surface area contributed by atoms with Gasteiger partial charge < -0.3 is 4.90 Å². The third-order valence-electron chi connectivity index (χ3n) is 13.3. The maximum Gasteiger partial charge on any atom is 0.212 e. The Labute approximate surface area is 312 Å². The molecule has 0 N–H and O–H groups in total. The summed E-state index contributed by atoms with van der Waals surface area (Å²) in [5.41, 5.74) is 10.9. The molecule has 0 bridgehead atoms. The highest BCUT2D eigenvalue weighted by atomic mass is 15.5. The second kappa shape index (κ2) is 9.91. The van der Waals surface area contributed by atoms with Gasteiger partial charge in [-0.15, -0.1) is 0 Å². The number of aryl methyl sites for hydroxylation is 1. The van der Waals surface area contributed by atoms with Crippen LogP contribution in [-0.2, 0) is 5.54 Å². The van der Waals surface area contributed by atoms with E-state index in [9.17, 15) is 0 Å². The van der Waals surface area contributed by atoms with E-state index >= 15 is 0 Å². The standard InChI is InChI=1S/C50H34N4/c1-28-27-41(43-29(2)30-15-3-4-16-31(30)32-17-5-9-22-37(32)43)48-51-45-39-24-11-7-18-33(39)34-19-8-12-25-40(34)46(45)53(48)49-52-47-44-38-23-10-6-20-35(38)36-21-13-14-26-42(36)50(44,47)54(28)49/h3-26,41,44,47H,1,27H2,2H3. The normalized spacial score (nSPS) is 22.1. The topological polar surface area (TPSA) is 33.4 Å². The highest BCUT2D eigenvalue weighted by Crippen LogP contribution is 2.73. The molecule has 4 unspecified atom stereocenters. The van der Waals surface area contributed by atoms with Crippen LogP contribution < -0.4 is 0 Å². The Morgan fingerprint density at radius 1 is 0.611 bits per heavy atom. The summed E-state index contributed by atoms with van der Waals surface area (Å²) in [5.74, 6) is 2.18. The summed E-state index contributed by atoms with van der Waals surface area (Å²) in [7, 11) is 0. The summed E-state index contributed by atoms with van der Waals surface area (Å²) >= 11 is 0. The third-order valence-corrected chi connectivity index (χ3v) is 13.3. The first-order valence-corrected chi connectivity index (χ1v) is 19.1. The molecule has 1 fully saturated rings. The van der Waals surface area contributed by atoms with Crippen molar-refractivity contribution in [3.05, 3.63) is 186 Å². The minimum absolute atomic E-state index is 0.0663. The number of benzene rings is 8. The Morgan fingerprint density at radius 2 is 1.17 bits per heavy atom. The molecule has 1 spiro atoms. The number of aromatic nitrogens is 2. The van der Waals surface area contributed by atoms with Crippen molar-refractivity contribution in [1.82, 2.24) is 14.5 Å². The zero-order valence-corrected chi connectivity index (χ0v) is 29.8. The lowest BCUT2D eigenvalue weighted by molar-refractivity contribution is 0.345. The molecule has 0 radical (unpaired) electrons. The van der Waals surface area contributed by atoms with E-state index < -0.39 is 0 Å². The van der Waals surface area contributed by atoms with Gasteiger partial charge in [-0.1, -0.05) is 152 Å². The molecule has 2 aliphatic carbocycles. The number of aliphatic imine (C=N–C) groups is 1. The summed E-state index contributed by atoms with van der Waals surface area (Å²) in [6.45, 7) is 7.33. The minimum Gasteiger partial charge on any atom is -0.303 e. The van der Waals surface area contributed by atoms with Crippen LogP contribution in [0, 0.1) is 6.92 Å². The van der Waals surface area contributed by atoms with Gasteiger partial charge in [-0.3, -0.25) is 4.57 Å². The fourth-order valence-corrected chi connectivity index (χ4v) is 11.2. The van der Waals surface area contributed by atoms with Crippen LogP contribution in [0.2, 0.25) is 0 Å². The lowest BCUT2D eigenvalue weighted by Gasteiger charge is -2.37. The highest BCUT2D eigenvalue weighted by Gasteiger charge is 2.77. The van der Waals surface area contributed by atoms with Crippen molar-refractivity contribution in [2.24, 2.45) is 4.99 Å². The van der Waals surface area contributed by atoms with Gasteiger partial charge in [-0.2, -0.15) is 0 Å². The Kier molecular flexibility index (Phi) is 5.32. The Balaban J connectivity index is 1.18. The van der Waals surface area contributed by atoms with Gasteiger partial charge in [0.1, 0.15) is 11.4 Å². The molecule has 1 aromatic heterocycles. The predicted molar refractivity (Wildman–Crippen MR) is 221 cm³/mol. The van der Waals surface area contributed by atoms with Crippen LogP contribution in [0.1, 0.15) is 46.3 Å². The summed E-state index contributed by atoms with van der Waals surface area (Å²) in [6, 6.07) is 53.6. The number of fused-ring (bicyclic) bond motifs is 18. The van der Waals surface area contributed by atoms with Crippen LogP contribution in [0.15, 0.2) is 163 Å². The number of hydrogen-bond donors (Lipinski definition) is 0. The molecule has 13 rings (SSSR count). The van der Waals surface area contributed by atoms with Crippen molar-refractivity contribution in [3.63, 3.8) is 0 Å². The third kappa shape index (κ3) is 3.29. The maximum absolute atomic E-state index is 5.85. The fraction of sp³-hybridized carbons (Fsp3) is 0.120. The monoisotopic (exact) mass is 690 g/mol. The van der Waals surface area contributed by atoms with Crippen LogP contribution >= 0.6 is 0 Å². The lowest BCUT2D eigenvalue weighted by atomic mass is 9.81. The van der Waals surface area contributed by atoms with E-state index in [1.54, 1.807) is 0 Å². The predicted octanol–water partition coefficient (Wildman–Crippen LogP) is 11.6. The van der Waals surface area contributed by atoms with E-state index in [0.717, 1.165) is 34.9 Å². The Morgan fingerprint density at radius 3 is 1.93 bits per heavy atom. The Bertz CT molecular complexity index is 3220. The average Bonchev–Trinajstić information content (AvgIpc) is 3.56. The summed E-state index contributed by atoms with van der Waals surface area (Å²) in [5, 5.41) is 9.97. The molecule has 0 amide bonds. The molecule has 3 heterocycles. The summed E-state index contributed by atoms with van der Waals surface area (Å²) < 4.78 is 2.47. The van der Waals surface area contributed by atoms with Crippen LogP contribution in [0.4, 0.5) is 0 Å². The molecule has 4 aliphatic rings. The van der Waals surface area contributed by atoms with Crippen LogP contribution in [0.25, 0.3) is 65.3 Å². The van der Waals surface area contributed by atoms with Crippen molar-refractivity contribution in [1.29, 1.82) is 0 Å². The zero-order valence-electron chi connectivity index (χ0n) is 29.8. The molecule has 4 atom stereocenters. The zero-order chi connectivity index (χ0) is 35.4. The first-order valence-electron chi connectivity index (χ1n) is 19.1. The smallest absolute Gasteiger partial charge is 0.212 e. The van der Waals surface area contributed by atoms with Crippen LogP contribution in [0.3, 0.4) is 0 Å². The van der Waals surface area contributed by atoms with Crippen molar-refractivity contribution in [3.8, 4) is 11.1 Å². The lowest BCUT2D eigenvalue weighted by Crippen LogP contribution is -2.42. The first kappa shape index (κ1) is 29.0. The van der Waals surface area contributed by atoms with Crippen LogP contribution in [-0.4, -0.2) is 26.5 Å². The molecular formula is C50H34N4.